The number of aromatic nitrogens is 4. The van der Waals surface area contributed by atoms with Crippen LogP contribution in [0.3, 0.4) is 0 Å². The highest BCUT2D eigenvalue weighted by atomic mass is 14.9. The van der Waals surface area contributed by atoms with E-state index in [9.17, 15) is 0 Å². The van der Waals surface area contributed by atoms with Gasteiger partial charge >= 0.3 is 0 Å². The minimum absolute atomic E-state index is 0.675. The zero-order valence-electron chi connectivity index (χ0n) is 14.1. The summed E-state index contributed by atoms with van der Waals surface area (Å²) in [4.78, 5) is 17.5. The average Bonchev–Trinajstić information content (AvgIpc) is 2.75. The summed E-state index contributed by atoms with van der Waals surface area (Å²) in [7, 11) is 0. The van der Waals surface area contributed by atoms with E-state index in [1.807, 2.05) is 36.4 Å². The van der Waals surface area contributed by atoms with Gasteiger partial charge < -0.3 is 0 Å². The van der Waals surface area contributed by atoms with Gasteiger partial charge in [-0.25, -0.2) is 19.9 Å². The smallest absolute Gasteiger partial charge is 0.159 e. The summed E-state index contributed by atoms with van der Waals surface area (Å²) in [6, 6.07) is 18.1. The third-order valence-electron chi connectivity index (χ3n) is 4.06. The molecule has 2 aromatic heterocycles. The second-order valence-corrected chi connectivity index (χ2v) is 5.77. The molecule has 4 rings (SSSR count). The van der Waals surface area contributed by atoms with E-state index in [1.165, 1.54) is 0 Å². The van der Waals surface area contributed by atoms with Crippen molar-refractivity contribution < 1.29 is 0 Å². The second-order valence-electron chi connectivity index (χ2n) is 5.77. The van der Waals surface area contributed by atoms with E-state index < -0.39 is 0 Å². The molecule has 0 aliphatic heterocycles. The third-order valence-corrected chi connectivity index (χ3v) is 4.06. The van der Waals surface area contributed by atoms with E-state index in [4.69, 9.17) is 0 Å². The summed E-state index contributed by atoms with van der Waals surface area (Å²) < 4.78 is 0. The maximum Gasteiger partial charge on any atom is 0.159 e. The molecule has 0 saturated heterocycles. The predicted molar refractivity (Wildman–Crippen MR) is 104 cm³/mol. The fourth-order valence-corrected chi connectivity index (χ4v) is 2.76. The molecule has 0 aliphatic rings. The number of hydrogen-bond donors (Lipinski definition) is 0. The Morgan fingerprint density at radius 3 is 1.50 bits per heavy atom. The summed E-state index contributed by atoms with van der Waals surface area (Å²) in [5.74, 6) is 1.35. The van der Waals surface area contributed by atoms with Gasteiger partial charge in [0.25, 0.3) is 0 Å². The van der Waals surface area contributed by atoms with Gasteiger partial charge in [0.15, 0.2) is 11.6 Å². The van der Waals surface area contributed by atoms with Crippen molar-refractivity contribution in [2.45, 2.75) is 0 Å². The molecule has 0 amide bonds. The zero-order chi connectivity index (χ0) is 17.8. The summed E-state index contributed by atoms with van der Waals surface area (Å²) >= 11 is 0. The largest absolute Gasteiger partial charge is 0.237 e. The number of nitrogens with zero attached hydrogens (tertiary/aromatic N) is 4. The van der Waals surface area contributed by atoms with Crippen LogP contribution in [0.15, 0.2) is 86.0 Å². The monoisotopic (exact) mass is 336 g/mol. The maximum absolute atomic E-state index is 4.38. The summed E-state index contributed by atoms with van der Waals surface area (Å²) in [5, 5.41) is 0. The van der Waals surface area contributed by atoms with E-state index >= 15 is 0 Å². The van der Waals surface area contributed by atoms with Crippen molar-refractivity contribution in [3.63, 3.8) is 0 Å². The van der Waals surface area contributed by atoms with Gasteiger partial charge in [-0.1, -0.05) is 36.9 Å². The molecule has 0 saturated carbocycles. The van der Waals surface area contributed by atoms with Gasteiger partial charge in [0.05, 0.1) is 0 Å². The van der Waals surface area contributed by atoms with Gasteiger partial charge in [0.2, 0.25) is 0 Å². The average molecular weight is 336 g/mol. The quantitative estimate of drug-likeness (QED) is 0.531. The summed E-state index contributed by atoms with van der Waals surface area (Å²) in [6.07, 6.45) is 8.81. The van der Waals surface area contributed by atoms with Crippen LogP contribution >= 0.6 is 0 Å². The highest BCUT2D eigenvalue weighted by Gasteiger charge is 2.10. The number of hydrogen-bond acceptors (Lipinski definition) is 4. The Morgan fingerprint density at radius 2 is 1.04 bits per heavy atom. The molecule has 2 heterocycles. The molecule has 0 radical (unpaired) electrons. The van der Waals surface area contributed by atoms with E-state index in [1.54, 1.807) is 24.8 Å². The van der Waals surface area contributed by atoms with E-state index in [0.717, 1.165) is 27.8 Å². The molecule has 0 spiro atoms. The molecule has 0 aliphatic carbocycles. The van der Waals surface area contributed by atoms with Crippen molar-refractivity contribution in [1.29, 1.82) is 0 Å². The molecule has 4 heteroatoms. The molecule has 4 nitrogen and oxygen atoms in total. The lowest BCUT2D eigenvalue weighted by Crippen LogP contribution is -1.92. The molecule has 0 bridgehead atoms. The molecule has 26 heavy (non-hydrogen) atoms. The van der Waals surface area contributed by atoms with Crippen LogP contribution in [0.4, 0.5) is 0 Å². The first kappa shape index (κ1) is 15.8. The van der Waals surface area contributed by atoms with Crippen LogP contribution in [-0.4, -0.2) is 19.9 Å². The molecule has 0 fully saturated rings. The first-order chi connectivity index (χ1) is 12.8. The maximum atomic E-state index is 4.38. The molecule has 0 N–H and O–H groups in total. The van der Waals surface area contributed by atoms with Crippen LogP contribution in [0.25, 0.3) is 40.0 Å². The van der Waals surface area contributed by atoms with Crippen molar-refractivity contribution in [2.75, 3.05) is 0 Å². The van der Waals surface area contributed by atoms with E-state index in [0.29, 0.717) is 11.6 Å². The number of benzene rings is 2. The first-order valence-corrected chi connectivity index (χ1v) is 8.26. The molecular weight excluding hydrogens is 320 g/mol. The molecule has 2 aromatic carbocycles. The Bertz CT molecular complexity index is 969. The minimum atomic E-state index is 0.675. The van der Waals surface area contributed by atoms with Gasteiger partial charge in [-0.2, -0.15) is 0 Å². The lowest BCUT2D eigenvalue weighted by molar-refractivity contribution is 1.16. The van der Waals surface area contributed by atoms with Crippen LogP contribution in [0.5, 0.6) is 0 Å². The second kappa shape index (κ2) is 7.07. The summed E-state index contributed by atoms with van der Waals surface area (Å²) in [5.41, 5.74) is 5.11. The predicted octanol–water partition coefficient (Wildman–Crippen LogP) is 4.91. The van der Waals surface area contributed by atoms with Gasteiger partial charge in [0.1, 0.15) is 0 Å². The van der Waals surface area contributed by atoms with Crippen LogP contribution < -0.4 is 0 Å². The van der Waals surface area contributed by atoms with Gasteiger partial charge in [-0.15, -0.1) is 0 Å². The Balaban J connectivity index is 1.88. The van der Waals surface area contributed by atoms with Crippen molar-refractivity contribution in [1.82, 2.24) is 19.9 Å². The topological polar surface area (TPSA) is 51.6 Å². The summed E-state index contributed by atoms with van der Waals surface area (Å²) in [6.45, 7) is 3.81. The van der Waals surface area contributed by atoms with Gasteiger partial charge in [-0.05, 0) is 47.0 Å². The Morgan fingerprint density at radius 1 is 0.577 bits per heavy atom. The number of rotatable bonds is 4. The standard InChI is InChI=1S/C22H16N4/c1-2-16-5-7-17(8-6-16)18-13-19(21-23-9-3-10-24-21)15-20(14-18)22-25-11-4-12-26-22/h2-15H,1H2. The van der Waals surface area contributed by atoms with Crippen molar-refractivity contribution in [3.05, 3.63) is 91.5 Å². The SMILES string of the molecule is C=Cc1ccc(-c2cc(-c3ncccn3)cc(-c3ncccn3)c2)cc1. The highest BCUT2D eigenvalue weighted by molar-refractivity contribution is 5.77. The van der Waals surface area contributed by atoms with Crippen LogP contribution in [0.1, 0.15) is 5.56 Å². The lowest BCUT2D eigenvalue weighted by atomic mass is 9.98. The van der Waals surface area contributed by atoms with Crippen LogP contribution in [-0.2, 0) is 0 Å². The Hall–Kier alpha value is -3.66. The van der Waals surface area contributed by atoms with Crippen LogP contribution in [0.2, 0.25) is 0 Å². The van der Waals surface area contributed by atoms with Crippen LogP contribution in [0, 0.1) is 0 Å². The van der Waals surface area contributed by atoms with Gasteiger partial charge in [-0.3, -0.25) is 0 Å². The first-order valence-electron chi connectivity index (χ1n) is 8.26. The van der Waals surface area contributed by atoms with E-state index in [2.05, 4.69) is 50.8 Å². The van der Waals surface area contributed by atoms with Crippen molar-refractivity contribution in [2.24, 2.45) is 0 Å². The fourth-order valence-electron chi connectivity index (χ4n) is 2.76. The molecule has 4 aromatic rings. The normalized spacial score (nSPS) is 10.5. The molecule has 0 atom stereocenters. The van der Waals surface area contributed by atoms with Crippen molar-refractivity contribution in [3.8, 4) is 33.9 Å². The lowest BCUT2D eigenvalue weighted by Gasteiger charge is -2.09. The van der Waals surface area contributed by atoms with Gasteiger partial charge in [0, 0.05) is 35.9 Å². The third kappa shape index (κ3) is 3.26. The Labute approximate surface area is 152 Å². The zero-order valence-corrected chi connectivity index (χ0v) is 14.1. The highest BCUT2D eigenvalue weighted by Crippen LogP contribution is 2.30. The fraction of sp³-hybridized carbons (Fsp3) is 0. The minimum Gasteiger partial charge on any atom is -0.237 e. The Kier molecular flexibility index (Phi) is 4.31. The molecule has 0 unspecified atom stereocenters. The molecule has 124 valence electrons. The molecular formula is C22H16N4. The van der Waals surface area contributed by atoms with Crippen molar-refractivity contribution >= 4 is 6.08 Å². The van der Waals surface area contributed by atoms with E-state index in [-0.39, 0.29) is 0 Å².